The Morgan fingerprint density at radius 2 is 2.00 bits per heavy atom. The van der Waals surface area contributed by atoms with Gasteiger partial charge in [0.05, 0.1) is 0 Å². The summed E-state index contributed by atoms with van der Waals surface area (Å²) in [6.45, 7) is 5.07. The second-order valence-electron chi connectivity index (χ2n) is 5.10. The van der Waals surface area contributed by atoms with Crippen LogP contribution < -0.4 is 0 Å². The Morgan fingerprint density at radius 1 is 1.19 bits per heavy atom. The third-order valence-corrected chi connectivity index (χ3v) is 4.13. The first-order valence-corrected chi connectivity index (χ1v) is 6.30. The van der Waals surface area contributed by atoms with Crippen molar-refractivity contribution in [2.24, 2.45) is 5.92 Å². The van der Waals surface area contributed by atoms with Crippen LogP contribution in [-0.4, -0.2) is 17.0 Å². The Morgan fingerprint density at radius 3 is 2.75 bits per heavy atom. The summed E-state index contributed by atoms with van der Waals surface area (Å²) in [7, 11) is 0. The molecule has 2 fully saturated rings. The van der Waals surface area contributed by atoms with Gasteiger partial charge < -0.3 is 0 Å². The fourth-order valence-electron chi connectivity index (χ4n) is 3.10. The lowest BCUT2D eigenvalue weighted by molar-refractivity contribution is 0.460. The minimum absolute atomic E-state index is 0.766. The van der Waals surface area contributed by atoms with Crippen molar-refractivity contribution in [1.29, 1.82) is 0 Å². The van der Waals surface area contributed by atoms with Gasteiger partial charge in [-0.1, -0.05) is 36.4 Å². The van der Waals surface area contributed by atoms with Gasteiger partial charge in [-0.25, -0.2) is 0 Å². The van der Waals surface area contributed by atoms with Crippen molar-refractivity contribution < 1.29 is 0 Å². The Kier molecular flexibility index (Phi) is 2.56. The summed E-state index contributed by atoms with van der Waals surface area (Å²) >= 11 is 0. The van der Waals surface area contributed by atoms with Crippen LogP contribution in [0.4, 0.5) is 0 Å². The van der Waals surface area contributed by atoms with Gasteiger partial charge in [-0.05, 0) is 30.7 Å². The maximum absolute atomic E-state index is 3.93. The normalized spacial score (nSPS) is 36.5. The molecule has 0 N–H and O–H groups in total. The predicted molar refractivity (Wildman–Crippen MR) is 67.1 cm³/mol. The molecule has 84 valence electrons. The zero-order valence-electron chi connectivity index (χ0n) is 9.68. The highest BCUT2D eigenvalue weighted by atomic mass is 15.3. The highest BCUT2D eigenvalue weighted by Gasteiger charge is 2.49. The van der Waals surface area contributed by atoms with E-state index in [2.05, 4.69) is 47.9 Å². The minimum atomic E-state index is 0.766. The molecule has 1 saturated carbocycles. The number of benzene rings is 1. The van der Waals surface area contributed by atoms with E-state index in [1.807, 2.05) is 0 Å². The number of fused-ring (bicyclic) bond motifs is 1. The number of hydrogen-bond donors (Lipinski definition) is 0. The van der Waals surface area contributed by atoms with Crippen LogP contribution in [0.15, 0.2) is 43.0 Å². The summed E-state index contributed by atoms with van der Waals surface area (Å²) in [5.41, 5.74) is 1.45. The highest BCUT2D eigenvalue weighted by Crippen LogP contribution is 2.44. The van der Waals surface area contributed by atoms with Crippen molar-refractivity contribution in [1.82, 2.24) is 4.90 Å². The molecule has 4 atom stereocenters. The molecule has 1 aromatic carbocycles. The molecule has 1 aromatic rings. The van der Waals surface area contributed by atoms with Crippen LogP contribution in [-0.2, 0) is 6.54 Å². The molecule has 1 aliphatic heterocycles. The first kappa shape index (κ1) is 10.1. The van der Waals surface area contributed by atoms with Crippen molar-refractivity contribution in [3.8, 4) is 0 Å². The minimum Gasteiger partial charge on any atom is -0.290 e. The standard InChI is InChI=1S/C15H19N/c1-2-12-8-9-14-15(10-12)16(14)11-13-6-4-3-5-7-13/h2-7,12,14-15H,1,8-11H2. The van der Waals surface area contributed by atoms with Crippen molar-refractivity contribution >= 4 is 0 Å². The summed E-state index contributed by atoms with van der Waals surface area (Å²) in [5.74, 6) is 0.766. The van der Waals surface area contributed by atoms with Crippen LogP contribution in [0, 0.1) is 5.92 Å². The lowest BCUT2D eigenvalue weighted by Crippen LogP contribution is -2.10. The number of likely N-dealkylation sites (tertiary alicyclic amines) is 1. The van der Waals surface area contributed by atoms with Gasteiger partial charge in [-0.2, -0.15) is 0 Å². The van der Waals surface area contributed by atoms with E-state index in [0.717, 1.165) is 24.5 Å². The summed E-state index contributed by atoms with van der Waals surface area (Å²) in [4.78, 5) is 2.65. The molecule has 2 aliphatic rings. The molecular formula is C15H19N. The van der Waals surface area contributed by atoms with E-state index in [9.17, 15) is 0 Å². The molecule has 16 heavy (non-hydrogen) atoms. The van der Waals surface area contributed by atoms with Crippen molar-refractivity contribution in [2.75, 3.05) is 0 Å². The van der Waals surface area contributed by atoms with E-state index in [1.54, 1.807) is 0 Å². The molecule has 0 bridgehead atoms. The molecule has 1 nitrogen and oxygen atoms in total. The first-order chi connectivity index (χ1) is 7.88. The molecule has 1 heteroatoms. The van der Waals surface area contributed by atoms with Gasteiger partial charge in [0.15, 0.2) is 0 Å². The quantitative estimate of drug-likeness (QED) is 0.550. The van der Waals surface area contributed by atoms with E-state index < -0.39 is 0 Å². The van der Waals surface area contributed by atoms with Crippen molar-refractivity contribution in [3.05, 3.63) is 48.6 Å². The number of nitrogens with zero attached hydrogens (tertiary/aromatic N) is 1. The molecule has 3 rings (SSSR count). The van der Waals surface area contributed by atoms with Crippen LogP contribution in [0.2, 0.25) is 0 Å². The highest BCUT2D eigenvalue weighted by molar-refractivity contribution is 5.18. The monoisotopic (exact) mass is 213 g/mol. The average Bonchev–Trinajstić information content (AvgIpc) is 3.03. The topological polar surface area (TPSA) is 3.01 Å². The zero-order chi connectivity index (χ0) is 11.0. The molecule has 0 aromatic heterocycles. The lowest BCUT2D eigenvalue weighted by atomic mass is 9.90. The lowest BCUT2D eigenvalue weighted by Gasteiger charge is -2.14. The Balaban J connectivity index is 1.61. The number of hydrogen-bond acceptors (Lipinski definition) is 1. The summed E-state index contributed by atoms with van der Waals surface area (Å²) < 4.78 is 0. The molecular weight excluding hydrogens is 194 g/mol. The third-order valence-electron chi connectivity index (χ3n) is 4.13. The Bertz CT molecular complexity index is 370. The third kappa shape index (κ3) is 1.80. The van der Waals surface area contributed by atoms with Crippen LogP contribution in [0.3, 0.4) is 0 Å². The van der Waals surface area contributed by atoms with Gasteiger partial charge in [0.1, 0.15) is 0 Å². The van der Waals surface area contributed by atoms with E-state index in [-0.39, 0.29) is 0 Å². The largest absolute Gasteiger partial charge is 0.290 e. The SMILES string of the molecule is C=CC1CCC2C(C1)N2Cc1ccccc1. The number of rotatable bonds is 3. The van der Waals surface area contributed by atoms with Gasteiger partial charge in [-0.3, -0.25) is 4.90 Å². The van der Waals surface area contributed by atoms with E-state index >= 15 is 0 Å². The maximum atomic E-state index is 3.93. The molecule has 1 aliphatic carbocycles. The van der Waals surface area contributed by atoms with Gasteiger partial charge in [-0.15, -0.1) is 6.58 Å². The predicted octanol–water partition coefficient (Wildman–Crippen LogP) is 3.23. The molecule has 1 heterocycles. The van der Waals surface area contributed by atoms with E-state index in [1.165, 1.54) is 24.8 Å². The second-order valence-corrected chi connectivity index (χ2v) is 5.10. The maximum Gasteiger partial charge on any atom is 0.0264 e. The summed E-state index contributed by atoms with van der Waals surface area (Å²) in [6, 6.07) is 12.5. The van der Waals surface area contributed by atoms with E-state index in [0.29, 0.717) is 0 Å². The van der Waals surface area contributed by atoms with E-state index in [4.69, 9.17) is 0 Å². The molecule has 1 saturated heterocycles. The van der Waals surface area contributed by atoms with Gasteiger partial charge in [0, 0.05) is 18.6 Å². The average molecular weight is 213 g/mol. The van der Waals surface area contributed by atoms with Gasteiger partial charge in [0.2, 0.25) is 0 Å². The van der Waals surface area contributed by atoms with Crippen molar-refractivity contribution in [2.45, 2.75) is 37.9 Å². The molecule has 0 amide bonds. The van der Waals surface area contributed by atoms with Crippen molar-refractivity contribution in [3.63, 3.8) is 0 Å². The number of allylic oxidation sites excluding steroid dienone is 1. The van der Waals surface area contributed by atoms with Gasteiger partial charge in [0.25, 0.3) is 0 Å². The van der Waals surface area contributed by atoms with Crippen LogP contribution in [0.5, 0.6) is 0 Å². The Hall–Kier alpha value is -1.08. The second kappa shape index (κ2) is 4.06. The van der Waals surface area contributed by atoms with Crippen LogP contribution >= 0.6 is 0 Å². The molecule has 4 unspecified atom stereocenters. The van der Waals surface area contributed by atoms with Gasteiger partial charge >= 0.3 is 0 Å². The smallest absolute Gasteiger partial charge is 0.0264 e. The summed E-state index contributed by atoms with van der Waals surface area (Å²) in [5, 5.41) is 0. The van der Waals surface area contributed by atoms with Crippen LogP contribution in [0.25, 0.3) is 0 Å². The Labute approximate surface area is 97.8 Å². The fraction of sp³-hybridized carbons (Fsp3) is 0.467. The fourth-order valence-corrected chi connectivity index (χ4v) is 3.10. The van der Waals surface area contributed by atoms with Crippen LogP contribution in [0.1, 0.15) is 24.8 Å². The molecule has 0 radical (unpaired) electrons. The first-order valence-electron chi connectivity index (χ1n) is 6.30. The molecule has 0 spiro atoms. The summed E-state index contributed by atoms with van der Waals surface area (Å²) in [6.07, 6.45) is 6.19. The zero-order valence-corrected chi connectivity index (χ0v) is 9.68.